The maximum atomic E-state index is 13.9. The second-order valence-corrected chi connectivity index (χ2v) is 6.31. The molecule has 0 saturated heterocycles. The zero-order chi connectivity index (χ0) is 15.3. The van der Waals surface area contributed by atoms with Gasteiger partial charge in [-0.05, 0) is 36.4 Å². The lowest BCUT2D eigenvalue weighted by molar-refractivity contribution is 0.295. The maximum absolute atomic E-state index is 13.9. The Morgan fingerprint density at radius 1 is 1.23 bits per heavy atom. The van der Waals surface area contributed by atoms with Gasteiger partial charge in [0.05, 0.1) is 11.3 Å². The average molecular weight is 316 g/mol. The number of rotatable bonds is 1. The molecule has 1 aliphatic rings. The third-order valence-corrected chi connectivity index (χ3v) is 4.69. The number of nitrogens with zero attached hydrogens (tertiary/aromatic N) is 1. The van der Waals surface area contributed by atoms with Gasteiger partial charge >= 0.3 is 0 Å². The molecule has 0 saturated carbocycles. The standard InChI is InChI=1S/C18H15ClFNO/c1-21-9-13-3-2-11-6-7-22-18(11)17(13)14(10-21)12-4-5-15(19)16(20)8-12/h2-8,14H,9-10H2,1H3. The van der Waals surface area contributed by atoms with Gasteiger partial charge in [0.1, 0.15) is 11.4 Å². The summed E-state index contributed by atoms with van der Waals surface area (Å²) >= 11 is 5.82. The van der Waals surface area contributed by atoms with Crippen LogP contribution in [0, 0.1) is 5.82 Å². The van der Waals surface area contributed by atoms with Gasteiger partial charge in [0.25, 0.3) is 0 Å². The first-order valence-electron chi connectivity index (χ1n) is 7.26. The van der Waals surface area contributed by atoms with E-state index in [1.165, 1.54) is 17.2 Å². The smallest absolute Gasteiger partial charge is 0.142 e. The van der Waals surface area contributed by atoms with Crippen LogP contribution in [-0.4, -0.2) is 18.5 Å². The van der Waals surface area contributed by atoms with Crippen LogP contribution in [0.15, 0.2) is 47.1 Å². The van der Waals surface area contributed by atoms with Crippen molar-refractivity contribution in [1.82, 2.24) is 4.90 Å². The van der Waals surface area contributed by atoms with Crippen molar-refractivity contribution >= 4 is 22.6 Å². The number of furan rings is 1. The predicted molar refractivity (Wildman–Crippen MR) is 85.8 cm³/mol. The maximum Gasteiger partial charge on any atom is 0.142 e. The number of hydrogen-bond donors (Lipinski definition) is 0. The molecule has 3 aromatic rings. The summed E-state index contributed by atoms with van der Waals surface area (Å²) in [5, 5.41) is 1.24. The highest BCUT2D eigenvalue weighted by Crippen LogP contribution is 2.38. The van der Waals surface area contributed by atoms with E-state index in [1.807, 2.05) is 12.1 Å². The third kappa shape index (κ3) is 2.13. The van der Waals surface area contributed by atoms with E-state index >= 15 is 0 Å². The molecule has 1 unspecified atom stereocenters. The van der Waals surface area contributed by atoms with Gasteiger partial charge in [-0.25, -0.2) is 4.39 Å². The summed E-state index contributed by atoms with van der Waals surface area (Å²) in [6.45, 7) is 1.70. The minimum atomic E-state index is -0.374. The second kappa shape index (κ2) is 5.11. The average Bonchev–Trinajstić information content (AvgIpc) is 2.97. The summed E-state index contributed by atoms with van der Waals surface area (Å²) in [5.74, 6) is -0.295. The fourth-order valence-corrected chi connectivity index (χ4v) is 3.49. The van der Waals surface area contributed by atoms with Gasteiger partial charge in [0.2, 0.25) is 0 Å². The van der Waals surface area contributed by atoms with Crippen LogP contribution in [0.5, 0.6) is 0 Å². The summed E-state index contributed by atoms with van der Waals surface area (Å²) in [6, 6.07) is 11.3. The summed E-state index contributed by atoms with van der Waals surface area (Å²) in [4.78, 5) is 2.24. The Morgan fingerprint density at radius 3 is 2.91 bits per heavy atom. The molecule has 2 nitrogen and oxygen atoms in total. The molecule has 4 heteroatoms. The van der Waals surface area contributed by atoms with Crippen LogP contribution < -0.4 is 0 Å². The first kappa shape index (κ1) is 13.8. The molecule has 1 aromatic heterocycles. The van der Waals surface area contributed by atoms with Crippen molar-refractivity contribution in [3.63, 3.8) is 0 Å². The molecule has 112 valence electrons. The van der Waals surface area contributed by atoms with Crippen molar-refractivity contribution in [2.24, 2.45) is 0 Å². The van der Waals surface area contributed by atoms with Crippen LogP contribution in [0.2, 0.25) is 5.02 Å². The van der Waals surface area contributed by atoms with Crippen LogP contribution >= 0.6 is 11.6 Å². The van der Waals surface area contributed by atoms with Crippen molar-refractivity contribution in [2.75, 3.05) is 13.6 Å². The van der Waals surface area contributed by atoms with Crippen molar-refractivity contribution in [2.45, 2.75) is 12.5 Å². The van der Waals surface area contributed by atoms with Gasteiger partial charge in [-0.2, -0.15) is 0 Å². The van der Waals surface area contributed by atoms with Crippen molar-refractivity contribution in [1.29, 1.82) is 0 Å². The fraction of sp³-hybridized carbons (Fsp3) is 0.222. The molecular formula is C18H15ClFNO. The molecule has 0 radical (unpaired) electrons. The number of benzene rings is 2. The Bertz CT molecular complexity index is 857. The molecule has 2 aromatic carbocycles. The normalized spacial score (nSPS) is 18.6. The number of fused-ring (bicyclic) bond motifs is 3. The third-order valence-electron chi connectivity index (χ3n) is 4.38. The highest BCUT2D eigenvalue weighted by molar-refractivity contribution is 6.30. The zero-order valence-electron chi connectivity index (χ0n) is 12.1. The van der Waals surface area contributed by atoms with E-state index in [2.05, 4.69) is 24.1 Å². The van der Waals surface area contributed by atoms with Crippen LogP contribution in [0.1, 0.15) is 22.6 Å². The molecule has 1 atom stereocenters. The Hall–Kier alpha value is -1.84. The second-order valence-electron chi connectivity index (χ2n) is 5.90. The predicted octanol–water partition coefficient (Wildman–Crippen LogP) is 4.80. The van der Waals surface area contributed by atoms with Crippen molar-refractivity contribution in [3.8, 4) is 0 Å². The SMILES string of the molecule is CN1Cc2ccc3ccoc3c2C(c2ccc(Cl)c(F)c2)C1. The van der Waals surface area contributed by atoms with Crippen molar-refractivity contribution in [3.05, 3.63) is 70.2 Å². The van der Waals surface area contributed by atoms with Gasteiger partial charge in [-0.1, -0.05) is 29.8 Å². The first-order valence-corrected chi connectivity index (χ1v) is 7.64. The van der Waals surface area contributed by atoms with Crippen LogP contribution in [0.25, 0.3) is 11.0 Å². The lowest BCUT2D eigenvalue weighted by Crippen LogP contribution is -2.31. The summed E-state index contributed by atoms with van der Waals surface area (Å²) in [6.07, 6.45) is 1.71. The molecule has 0 amide bonds. The van der Waals surface area contributed by atoms with E-state index in [-0.39, 0.29) is 16.8 Å². The quantitative estimate of drug-likeness (QED) is 0.641. The van der Waals surface area contributed by atoms with Gasteiger partial charge in [0, 0.05) is 30.0 Å². The van der Waals surface area contributed by atoms with Gasteiger partial charge in [-0.15, -0.1) is 0 Å². The van der Waals surface area contributed by atoms with E-state index in [4.69, 9.17) is 16.0 Å². The zero-order valence-corrected chi connectivity index (χ0v) is 12.9. The Balaban J connectivity index is 1.94. The minimum Gasteiger partial charge on any atom is -0.464 e. The Labute approximate surface area is 133 Å². The number of halogens is 2. The molecule has 0 spiro atoms. The summed E-state index contributed by atoms with van der Waals surface area (Å²) in [5.41, 5.74) is 4.24. The van der Waals surface area contributed by atoms with Gasteiger partial charge in [0.15, 0.2) is 0 Å². The topological polar surface area (TPSA) is 16.4 Å². The summed E-state index contributed by atoms with van der Waals surface area (Å²) in [7, 11) is 2.08. The molecule has 1 aliphatic heterocycles. The van der Waals surface area contributed by atoms with E-state index in [0.717, 1.165) is 29.6 Å². The monoisotopic (exact) mass is 315 g/mol. The number of likely N-dealkylation sites (N-methyl/N-ethyl adjacent to an activating group) is 1. The molecule has 22 heavy (non-hydrogen) atoms. The molecule has 0 bridgehead atoms. The summed E-state index contributed by atoms with van der Waals surface area (Å²) < 4.78 is 19.6. The largest absolute Gasteiger partial charge is 0.464 e. The van der Waals surface area contributed by atoms with E-state index in [0.29, 0.717) is 0 Å². The van der Waals surface area contributed by atoms with E-state index in [1.54, 1.807) is 12.3 Å². The van der Waals surface area contributed by atoms with E-state index in [9.17, 15) is 4.39 Å². The minimum absolute atomic E-state index is 0.0790. The molecular weight excluding hydrogens is 301 g/mol. The number of hydrogen-bond acceptors (Lipinski definition) is 2. The van der Waals surface area contributed by atoms with Crippen LogP contribution in [0.4, 0.5) is 4.39 Å². The Kier molecular flexibility index (Phi) is 3.21. The highest BCUT2D eigenvalue weighted by atomic mass is 35.5. The lowest BCUT2D eigenvalue weighted by atomic mass is 9.84. The van der Waals surface area contributed by atoms with Gasteiger partial charge in [-0.3, -0.25) is 0 Å². The molecule has 4 rings (SSSR count). The van der Waals surface area contributed by atoms with Crippen molar-refractivity contribution < 1.29 is 8.81 Å². The van der Waals surface area contributed by atoms with E-state index < -0.39 is 0 Å². The first-order chi connectivity index (χ1) is 10.6. The molecule has 2 heterocycles. The van der Waals surface area contributed by atoms with Crippen LogP contribution in [-0.2, 0) is 6.54 Å². The molecule has 0 fully saturated rings. The van der Waals surface area contributed by atoms with Crippen LogP contribution in [0.3, 0.4) is 0 Å². The fourth-order valence-electron chi connectivity index (χ4n) is 3.37. The molecule has 0 N–H and O–H groups in total. The molecule has 0 aliphatic carbocycles. The Morgan fingerprint density at radius 2 is 2.09 bits per heavy atom. The van der Waals surface area contributed by atoms with Gasteiger partial charge < -0.3 is 9.32 Å². The lowest BCUT2D eigenvalue weighted by Gasteiger charge is -2.32. The highest BCUT2D eigenvalue weighted by Gasteiger charge is 2.28.